The molecule has 2 aromatic rings. The molecule has 0 saturated carbocycles. The molecule has 0 atom stereocenters. The summed E-state index contributed by atoms with van der Waals surface area (Å²) in [7, 11) is 0. The topological polar surface area (TPSA) is 133 Å². The second kappa shape index (κ2) is 6.53. The van der Waals surface area contributed by atoms with E-state index in [4.69, 9.17) is 5.73 Å². The van der Waals surface area contributed by atoms with Crippen molar-refractivity contribution < 1.29 is 9.59 Å². The number of carbonyl (C=O) groups excluding carboxylic acids is 2. The molecule has 0 aliphatic heterocycles. The van der Waals surface area contributed by atoms with Crippen molar-refractivity contribution in [3.8, 4) is 11.3 Å². The van der Waals surface area contributed by atoms with Crippen molar-refractivity contribution in [3.05, 3.63) is 40.7 Å². The largest absolute Gasteiger partial charge is 0.346 e. The fourth-order valence-electron chi connectivity index (χ4n) is 1.68. The number of carbonyl (C=O) groups is 2. The van der Waals surface area contributed by atoms with Crippen LogP contribution in [0.3, 0.4) is 0 Å². The van der Waals surface area contributed by atoms with Gasteiger partial charge in [-0.05, 0) is 17.7 Å². The highest BCUT2D eigenvalue weighted by Crippen LogP contribution is 2.17. The fourth-order valence-corrected chi connectivity index (χ4v) is 1.68. The monoisotopic (exact) mass is 289 g/mol. The summed E-state index contributed by atoms with van der Waals surface area (Å²) in [5, 5.41) is 10.2. The summed E-state index contributed by atoms with van der Waals surface area (Å²) in [5.41, 5.74) is 6.96. The molecule has 0 aliphatic rings. The lowest BCUT2D eigenvalue weighted by molar-refractivity contribution is -0.123. The lowest BCUT2D eigenvalue weighted by atomic mass is 10.1. The zero-order chi connectivity index (χ0) is 15.2. The molecule has 0 fully saturated rings. The maximum absolute atomic E-state index is 11.6. The number of amides is 2. The smallest absolute Gasteiger partial charge is 0.264 e. The fraction of sp³-hybridized carbons (Fsp3) is 0.154. The number of nitrogens with one attached hydrogen (secondary N) is 4. The molecule has 8 heteroatoms. The number of benzene rings is 1. The van der Waals surface area contributed by atoms with Crippen molar-refractivity contribution in [2.45, 2.75) is 0 Å². The normalized spacial score (nSPS) is 10.1. The molecule has 0 unspecified atom stereocenters. The molecule has 8 nitrogen and oxygen atoms in total. The summed E-state index contributed by atoms with van der Waals surface area (Å²) in [6, 6.07) is 8.35. The van der Waals surface area contributed by atoms with Gasteiger partial charge in [0.2, 0.25) is 11.8 Å². The average molecular weight is 289 g/mol. The van der Waals surface area contributed by atoms with Crippen molar-refractivity contribution in [1.82, 2.24) is 15.5 Å². The predicted molar refractivity (Wildman–Crippen MR) is 77.5 cm³/mol. The van der Waals surface area contributed by atoms with E-state index in [2.05, 4.69) is 20.8 Å². The average Bonchev–Trinajstić information content (AvgIpc) is 2.92. The molecule has 0 spiro atoms. The molecule has 0 radical (unpaired) electrons. The van der Waals surface area contributed by atoms with E-state index in [1.807, 2.05) is 0 Å². The van der Waals surface area contributed by atoms with Gasteiger partial charge in [0.15, 0.2) is 0 Å². The summed E-state index contributed by atoms with van der Waals surface area (Å²) < 4.78 is 0. The highest BCUT2D eigenvalue weighted by molar-refractivity contribution is 5.94. The van der Waals surface area contributed by atoms with Gasteiger partial charge in [-0.15, -0.1) is 0 Å². The third kappa shape index (κ3) is 4.05. The summed E-state index contributed by atoms with van der Waals surface area (Å²) in [5.74, 6) is -0.739. The molecule has 6 N–H and O–H groups in total. The van der Waals surface area contributed by atoms with Crippen LogP contribution in [0.4, 0.5) is 5.69 Å². The number of aromatic amines is 2. The van der Waals surface area contributed by atoms with Gasteiger partial charge in [0.05, 0.1) is 18.8 Å². The van der Waals surface area contributed by atoms with Crippen LogP contribution in [0.5, 0.6) is 0 Å². The first kappa shape index (κ1) is 14.5. The van der Waals surface area contributed by atoms with E-state index in [1.165, 1.54) is 6.07 Å². The third-order valence-corrected chi connectivity index (χ3v) is 2.71. The van der Waals surface area contributed by atoms with Gasteiger partial charge in [-0.3, -0.25) is 24.6 Å². The Morgan fingerprint density at radius 2 is 1.81 bits per heavy atom. The van der Waals surface area contributed by atoms with Crippen molar-refractivity contribution >= 4 is 17.5 Å². The summed E-state index contributed by atoms with van der Waals surface area (Å²) in [4.78, 5) is 33.5. The first-order valence-electron chi connectivity index (χ1n) is 6.23. The van der Waals surface area contributed by atoms with Gasteiger partial charge >= 0.3 is 0 Å². The molecular weight excluding hydrogens is 274 g/mol. The molecule has 1 aromatic carbocycles. The van der Waals surface area contributed by atoms with Gasteiger partial charge in [0.1, 0.15) is 0 Å². The summed E-state index contributed by atoms with van der Waals surface area (Å²) in [6.45, 7) is -0.292. The van der Waals surface area contributed by atoms with Gasteiger partial charge in [0.25, 0.3) is 5.56 Å². The second-order valence-corrected chi connectivity index (χ2v) is 4.28. The predicted octanol–water partition coefficient (Wildman–Crippen LogP) is -0.617. The van der Waals surface area contributed by atoms with E-state index in [1.54, 1.807) is 24.3 Å². The van der Waals surface area contributed by atoms with Gasteiger partial charge in [-0.2, -0.15) is 0 Å². The maximum Gasteiger partial charge on any atom is 0.264 e. The van der Waals surface area contributed by atoms with E-state index in [0.717, 1.165) is 5.56 Å². The molecule has 0 bridgehead atoms. The Hall–Kier alpha value is -2.87. The Labute approximate surface area is 119 Å². The maximum atomic E-state index is 11.6. The zero-order valence-electron chi connectivity index (χ0n) is 11.1. The Morgan fingerprint density at radius 1 is 1.10 bits per heavy atom. The van der Waals surface area contributed by atoms with Crippen LogP contribution >= 0.6 is 0 Å². The highest BCUT2D eigenvalue weighted by Gasteiger charge is 2.05. The Kier molecular flexibility index (Phi) is 4.52. The minimum Gasteiger partial charge on any atom is -0.346 e. The van der Waals surface area contributed by atoms with Crippen LogP contribution in [-0.2, 0) is 9.59 Å². The lowest BCUT2D eigenvalue weighted by Crippen LogP contribution is -2.36. The van der Waals surface area contributed by atoms with Gasteiger partial charge in [-0.25, -0.2) is 0 Å². The minimum absolute atomic E-state index is 0.136. The third-order valence-electron chi connectivity index (χ3n) is 2.71. The molecule has 21 heavy (non-hydrogen) atoms. The van der Waals surface area contributed by atoms with Gasteiger partial charge < -0.3 is 16.4 Å². The lowest BCUT2D eigenvalue weighted by Gasteiger charge is -2.07. The van der Waals surface area contributed by atoms with Crippen LogP contribution < -0.4 is 21.9 Å². The number of H-pyrrole nitrogens is 2. The first-order valence-corrected chi connectivity index (χ1v) is 6.23. The van der Waals surface area contributed by atoms with Crippen LogP contribution in [0, 0.1) is 0 Å². The number of hydrogen-bond donors (Lipinski definition) is 5. The summed E-state index contributed by atoms with van der Waals surface area (Å²) >= 11 is 0. The molecule has 110 valence electrons. The van der Waals surface area contributed by atoms with Crippen molar-refractivity contribution in [1.29, 1.82) is 0 Å². The first-order chi connectivity index (χ1) is 10.1. The van der Waals surface area contributed by atoms with E-state index < -0.39 is 5.91 Å². The zero-order valence-corrected chi connectivity index (χ0v) is 11.1. The SMILES string of the molecule is NCC(=O)NCC(=O)Nc1ccc(-c2cc(=O)[nH][nH]2)cc1. The number of nitrogens with two attached hydrogens (primary N) is 1. The van der Waals surface area contributed by atoms with Crippen molar-refractivity contribution in [3.63, 3.8) is 0 Å². The Morgan fingerprint density at radius 3 is 2.38 bits per heavy atom. The van der Waals surface area contributed by atoms with E-state index in [-0.39, 0.29) is 24.6 Å². The van der Waals surface area contributed by atoms with E-state index in [9.17, 15) is 14.4 Å². The highest BCUT2D eigenvalue weighted by atomic mass is 16.2. The molecule has 2 amide bonds. The van der Waals surface area contributed by atoms with Crippen molar-refractivity contribution in [2.75, 3.05) is 18.4 Å². The Balaban J connectivity index is 1.95. The van der Waals surface area contributed by atoms with Crippen LogP contribution in [0.15, 0.2) is 35.1 Å². The van der Waals surface area contributed by atoms with Crippen LogP contribution in [-0.4, -0.2) is 35.1 Å². The number of aromatic nitrogens is 2. The molecular formula is C13H15N5O3. The molecule has 0 aliphatic carbocycles. The molecule has 1 heterocycles. The number of hydrogen-bond acceptors (Lipinski definition) is 4. The van der Waals surface area contributed by atoms with Gasteiger partial charge in [-0.1, -0.05) is 12.1 Å². The number of rotatable bonds is 5. The molecule has 0 saturated heterocycles. The van der Waals surface area contributed by atoms with Crippen LogP contribution in [0.2, 0.25) is 0 Å². The van der Waals surface area contributed by atoms with E-state index in [0.29, 0.717) is 11.4 Å². The van der Waals surface area contributed by atoms with Crippen LogP contribution in [0.25, 0.3) is 11.3 Å². The minimum atomic E-state index is -0.392. The van der Waals surface area contributed by atoms with Crippen molar-refractivity contribution in [2.24, 2.45) is 5.73 Å². The summed E-state index contributed by atoms with van der Waals surface area (Å²) in [6.07, 6.45) is 0. The Bertz CT molecular complexity index is 686. The van der Waals surface area contributed by atoms with Gasteiger partial charge in [0, 0.05) is 11.8 Å². The number of anilines is 1. The standard InChI is InChI=1S/C13H15N5O3/c14-6-12(20)15-7-13(21)16-9-3-1-8(2-4-9)10-5-11(19)18-17-10/h1-5H,6-7,14H2,(H,15,20)(H,16,21)(H2,17,18,19). The second-order valence-electron chi connectivity index (χ2n) is 4.28. The van der Waals surface area contributed by atoms with E-state index >= 15 is 0 Å². The van der Waals surface area contributed by atoms with Crippen LogP contribution in [0.1, 0.15) is 0 Å². The quantitative estimate of drug-likeness (QED) is 0.502. The molecule has 1 aromatic heterocycles. The molecule has 2 rings (SSSR count).